The molecule has 9 heavy (non-hydrogen) atoms. The second-order valence-electron chi connectivity index (χ2n) is 1.47. The van der Waals surface area contributed by atoms with E-state index in [1.54, 1.807) is 11.8 Å². The van der Waals surface area contributed by atoms with Crippen LogP contribution in [0, 0.1) is 0 Å². The highest BCUT2D eigenvalue weighted by molar-refractivity contribution is 7.99. The van der Waals surface area contributed by atoms with Crippen molar-refractivity contribution < 1.29 is 4.79 Å². The Morgan fingerprint density at radius 3 is 2.89 bits per heavy atom. The Balaban J connectivity index is 2.83. The monoisotopic (exact) mass is 167 g/mol. The molecule has 0 aromatic rings. The molecular weight excluding hydrogens is 158 g/mol. The molecule has 0 fully saturated rings. The van der Waals surface area contributed by atoms with Gasteiger partial charge in [-0.2, -0.15) is 0 Å². The van der Waals surface area contributed by atoms with E-state index in [0.717, 1.165) is 5.75 Å². The van der Waals surface area contributed by atoms with E-state index in [2.05, 4.69) is 5.32 Å². The average molecular weight is 168 g/mol. The lowest BCUT2D eigenvalue weighted by atomic mass is 10.7. The molecule has 0 spiro atoms. The largest absolute Gasteiger partial charge is 0.347 e. The predicted molar refractivity (Wildman–Crippen MR) is 41.9 cm³/mol. The van der Waals surface area contributed by atoms with Gasteiger partial charge >= 0.3 is 0 Å². The van der Waals surface area contributed by atoms with Crippen molar-refractivity contribution in [3.63, 3.8) is 0 Å². The maximum absolute atomic E-state index is 10.2. The smallest absolute Gasteiger partial charge is 0.217 e. The summed E-state index contributed by atoms with van der Waals surface area (Å²) < 4.78 is 0. The van der Waals surface area contributed by atoms with E-state index < -0.39 is 0 Å². The molecule has 0 saturated heterocycles. The molecule has 0 aliphatic heterocycles. The molecule has 54 valence electrons. The minimum absolute atomic E-state index is 0.0112. The second-order valence-corrected chi connectivity index (χ2v) is 2.96. The zero-order valence-corrected chi connectivity index (χ0v) is 6.89. The maximum Gasteiger partial charge on any atom is 0.217 e. The first-order valence-corrected chi connectivity index (χ1v) is 4.34. The summed E-state index contributed by atoms with van der Waals surface area (Å²) >= 11 is 7.00. The van der Waals surface area contributed by atoms with Crippen molar-refractivity contribution >= 4 is 29.3 Å². The predicted octanol–water partition coefficient (Wildman–Crippen LogP) is 1.05. The van der Waals surface area contributed by atoms with Crippen molar-refractivity contribution in [2.24, 2.45) is 0 Å². The number of halogens is 1. The van der Waals surface area contributed by atoms with Crippen molar-refractivity contribution in [1.29, 1.82) is 0 Å². The Morgan fingerprint density at radius 1 is 1.78 bits per heavy atom. The van der Waals surface area contributed by atoms with Crippen LogP contribution in [0.2, 0.25) is 0 Å². The third kappa shape index (κ3) is 8.11. The minimum atomic E-state index is 0.0112. The standard InChI is InChI=1S/C5H10ClNOS/c1-5(8)7-4-9-3-2-6/h2-4H2,1H3,(H,7,8). The second kappa shape index (κ2) is 6.23. The zero-order chi connectivity index (χ0) is 7.11. The number of carbonyl (C=O) groups excluding carboxylic acids is 1. The number of thioether (sulfide) groups is 1. The van der Waals surface area contributed by atoms with Gasteiger partial charge in [-0.1, -0.05) is 0 Å². The summed E-state index contributed by atoms with van der Waals surface area (Å²) in [6, 6.07) is 0. The van der Waals surface area contributed by atoms with E-state index in [-0.39, 0.29) is 5.91 Å². The molecule has 0 radical (unpaired) electrons. The van der Waals surface area contributed by atoms with Gasteiger partial charge in [-0.15, -0.1) is 23.4 Å². The van der Waals surface area contributed by atoms with Gasteiger partial charge in [0.1, 0.15) is 0 Å². The van der Waals surface area contributed by atoms with Crippen LogP contribution in [0.25, 0.3) is 0 Å². The van der Waals surface area contributed by atoms with Crippen LogP contribution in [-0.2, 0) is 4.79 Å². The molecule has 0 heterocycles. The summed E-state index contributed by atoms with van der Waals surface area (Å²) in [5, 5.41) is 2.65. The van der Waals surface area contributed by atoms with E-state index >= 15 is 0 Å². The first kappa shape index (κ1) is 9.11. The Hall–Kier alpha value is 0.110. The van der Waals surface area contributed by atoms with Crippen LogP contribution in [-0.4, -0.2) is 23.4 Å². The molecule has 2 nitrogen and oxygen atoms in total. The number of amides is 1. The summed E-state index contributed by atoms with van der Waals surface area (Å²) in [5.41, 5.74) is 0. The third-order valence-electron chi connectivity index (χ3n) is 0.645. The van der Waals surface area contributed by atoms with Gasteiger partial charge < -0.3 is 5.32 Å². The van der Waals surface area contributed by atoms with Crippen LogP contribution in [0.5, 0.6) is 0 Å². The van der Waals surface area contributed by atoms with Crippen molar-refractivity contribution in [3.8, 4) is 0 Å². The highest BCUT2D eigenvalue weighted by Gasteiger charge is 1.88. The quantitative estimate of drug-likeness (QED) is 0.385. The Bertz CT molecular complexity index is 89.0. The minimum Gasteiger partial charge on any atom is -0.347 e. The van der Waals surface area contributed by atoms with Crippen LogP contribution in [0.15, 0.2) is 0 Å². The first-order valence-electron chi connectivity index (χ1n) is 2.65. The highest BCUT2D eigenvalue weighted by Crippen LogP contribution is 1.96. The van der Waals surface area contributed by atoms with Gasteiger partial charge in [0.15, 0.2) is 0 Å². The van der Waals surface area contributed by atoms with Gasteiger partial charge in [0, 0.05) is 18.6 Å². The van der Waals surface area contributed by atoms with Crippen LogP contribution >= 0.6 is 23.4 Å². The Morgan fingerprint density at radius 2 is 2.44 bits per heavy atom. The molecule has 0 aromatic carbocycles. The summed E-state index contributed by atoms with van der Waals surface area (Å²) in [7, 11) is 0. The fourth-order valence-electron chi connectivity index (χ4n) is 0.279. The van der Waals surface area contributed by atoms with E-state index in [0.29, 0.717) is 11.8 Å². The molecule has 0 atom stereocenters. The Kier molecular flexibility index (Phi) is 6.31. The third-order valence-corrected chi connectivity index (χ3v) is 1.90. The number of nitrogens with one attached hydrogen (secondary N) is 1. The molecular formula is C5H10ClNOS. The van der Waals surface area contributed by atoms with Gasteiger partial charge in [0.05, 0.1) is 5.88 Å². The lowest BCUT2D eigenvalue weighted by Crippen LogP contribution is -2.18. The first-order chi connectivity index (χ1) is 4.27. The summed E-state index contributed by atoms with van der Waals surface area (Å²) in [6.45, 7) is 1.50. The van der Waals surface area contributed by atoms with Crippen LogP contribution in [0.4, 0.5) is 0 Å². The number of alkyl halides is 1. The van der Waals surface area contributed by atoms with E-state index in [4.69, 9.17) is 11.6 Å². The average Bonchev–Trinajstić information content (AvgIpc) is 1.80. The molecule has 1 amide bonds. The number of hydrogen-bond acceptors (Lipinski definition) is 2. The molecule has 0 rings (SSSR count). The van der Waals surface area contributed by atoms with Crippen LogP contribution in [0.1, 0.15) is 6.92 Å². The molecule has 0 aliphatic rings. The summed E-state index contributed by atoms with van der Waals surface area (Å²) in [4.78, 5) is 10.2. The summed E-state index contributed by atoms with van der Waals surface area (Å²) in [6.07, 6.45) is 0. The number of carbonyl (C=O) groups is 1. The maximum atomic E-state index is 10.2. The van der Waals surface area contributed by atoms with Gasteiger partial charge in [-0.3, -0.25) is 4.79 Å². The van der Waals surface area contributed by atoms with Crippen molar-refractivity contribution in [2.45, 2.75) is 6.92 Å². The molecule has 0 unspecified atom stereocenters. The summed E-state index contributed by atoms with van der Waals surface area (Å²) in [5.74, 6) is 2.21. The molecule has 4 heteroatoms. The van der Waals surface area contributed by atoms with E-state index in [1.807, 2.05) is 0 Å². The van der Waals surface area contributed by atoms with E-state index in [1.165, 1.54) is 6.92 Å². The molecule has 0 aromatic heterocycles. The van der Waals surface area contributed by atoms with Gasteiger partial charge in [0.2, 0.25) is 5.91 Å². The van der Waals surface area contributed by atoms with Crippen molar-refractivity contribution in [3.05, 3.63) is 0 Å². The SMILES string of the molecule is CC(=O)NCSCCCl. The topological polar surface area (TPSA) is 29.1 Å². The van der Waals surface area contributed by atoms with Crippen LogP contribution < -0.4 is 5.32 Å². The molecule has 0 aliphatic carbocycles. The van der Waals surface area contributed by atoms with E-state index in [9.17, 15) is 4.79 Å². The molecule has 0 saturated carbocycles. The van der Waals surface area contributed by atoms with Crippen molar-refractivity contribution in [2.75, 3.05) is 17.5 Å². The van der Waals surface area contributed by atoms with Gasteiger partial charge in [0.25, 0.3) is 0 Å². The Labute approximate surface area is 64.3 Å². The van der Waals surface area contributed by atoms with Crippen molar-refractivity contribution in [1.82, 2.24) is 5.32 Å². The lowest BCUT2D eigenvalue weighted by molar-refractivity contribution is -0.118. The number of hydrogen-bond donors (Lipinski definition) is 1. The van der Waals surface area contributed by atoms with Gasteiger partial charge in [-0.05, 0) is 0 Å². The fourth-order valence-corrected chi connectivity index (χ4v) is 1.17. The number of rotatable bonds is 4. The normalized spacial score (nSPS) is 9.11. The van der Waals surface area contributed by atoms with Gasteiger partial charge in [-0.25, -0.2) is 0 Å². The molecule has 0 bridgehead atoms. The fraction of sp³-hybridized carbons (Fsp3) is 0.800. The zero-order valence-electron chi connectivity index (χ0n) is 5.32. The highest BCUT2D eigenvalue weighted by atomic mass is 35.5. The molecule has 1 N–H and O–H groups in total. The lowest BCUT2D eigenvalue weighted by Gasteiger charge is -1.97. The van der Waals surface area contributed by atoms with Crippen LogP contribution in [0.3, 0.4) is 0 Å².